The maximum absolute atomic E-state index is 12.8. The predicted molar refractivity (Wildman–Crippen MR) is 107 cm³/mol. The van der Waals surface area contributed by atoms with Gasteiger partial charge in [0.05, 0.1) is 12.8 Å². The number of rotatable bonds is 8. The Morgan fingerprint density at radius 3 is 2.43 bits per heavy atom. The van der Waals surface area contributed by atoms with E-state index in [1.165, 1.54) is 25.3 Å². The molecule has 1 heterocycles. The van der Waals surface area contributed by atoms with Crippen molar-refractivity contribution in [1.29, 1.82) is 0 Å². The fourth-order valence-electron chi connectivity index (χ4n) is 2.81. The number of benzene rings is 2. The quantitative estimate of drug-likeness (QED) is 0.384. The van der Waals surface area contributed by atoms with Crippen molar-refractivity contribution in [3.8, 4) is 11.5 Å². The fraction of sp³-hybridized carbons (Fsp3) is 0.130. The second-order valence-electron chi connectivity index (χ2n) is 6.07. The van der Waals surface area contributed by atoms with Crippen molar-refractivity contribution in [1.82, 2.24) is 4.98 Å². The van der Waals surface area contributed by atoms with Gasteiger partial charge in [-0.2, -0.15) is 8.78 Å². The number of esters is 1. The number of halogens is 2. The third kappa shape index (κ3) is 5.41. The van der Waals surface area contributed by atoms with Gasteiger partial charge in [0, 0.05) is 17.8 Å². The van der Waals surface area contributed by atoms with E-state index in [0.29, 0.717) is 5.69 Å². The van der Waals surface area contributed by atoms with Gasteiger partial charge in [-0.05, 0) is 29.8 Å². The van der Waals surface area contributed by atoms with E-state index in [0.717, 1.165) is 11.6 Å². The number of para-hydroxylation sites is 1. The van der Waals surface area contributed by atoms with Crippen LogP contribution in [-0.2, 0) is 9.53 Å². The van der Waals surface area contributed by atoms with Crippen LogP contribution in [0.5, 0.6) is 11.5 Å². The zero-order valence-corrected chi connectivity index (χ0v) is 16.1. The van der Waals surface area contributed by atoms with Gasteiger partial charge in [0.15, 0.2) is 17.6 Å². The third-order valence-electron chi connectivity index (χ3n) is 4.13. The van der Waals surface area contributed by atoms with E-state index in [2.05, 4.69) is 9.72 Å². The molecule has 30 heavy (non-hydrogen) atoms. The first kappa shape index (κ1) is 21.0. The van der Waals surface area contributed by atoms with E-state index in [1.54, 1.807) is 30.5 Å². The molecule has 0 N–H and O–H groups in total. The third-order valence-corrected chi connectivity index (χ3v) is 4.13. The van der Waals surface area contributed by atoms with Crippen LogP contribution in [0, 0.1) is 0 Å². The number of methoxy groups -OCH3 is 1. The van der Waals surface area contributed by atoms with Crippen LogP contribution in [0.4, 0.5) is 8.78 Å². The molecule has 0 fully saturated rings. The maximum Gasteiger partial charge on any atom is 0.387 e. The Morgan fingerprint density at radius 2 is 1.77 bits per heavy atom. The van der Waals surface area contributed by atoms with Gasteiger partial charge in [-0.15, -0.1) is 0 Å². The largest absolute Gasteiger partial charge is 0.493 e. The summed E-state index contributed by atoms with van der Waals surface area (Å²) in [5.74, 6) is -0.704. The molecule has 0 saturated carbocycles. The molecule has 0 aliphatic carbocycles. The molecule has 3 rings (SSSR count). The van der Waals surface area contributed by atoms with Crippen LogP contribution in [-0.4, -0.2) is 24.7 Å². The molecule has 0 radical (unpaired) electrons. The van der Waals surface area contributed by atoms with E-state index >= 15 is 0 Å². The van der Waals surface area contributed by atoms with E-state index in [4.69, 9.17) is 9.47 Å². The van der Waals surface area contributed by atoms with Gasteiger partial charge in [-0.25, -0.2) is 4.79 Å². The molecule has 1 atom stereocenters. The highest BCUT2D eigenvalue weighted by Crippen LogP contribution is 2.33. The molecule has 1 aromatic heterocycles. The van der Waals surface area contributed by atoms with Crippen molar-refractivity contribution >= 4 is 12.0 Å². The molecule has 0 bridgehead atoms. The van der Waals surface area contributed by atoms with Gasteiger partial charge in [-0.1, -0.05) is 48.5 Å². The molecule has 0 spiro atoms. The lowest BCUT2D eigenvalue weighted by atomic mass is 10.1. The fourth-order valence-corrected chi connectivity index (χ4v) is 2.81. The second kappa shape index (κ2) is 10.2. The molecule has 154 valence electrons. The first-order valence-electron chi connectivity index (χ1n) is 9.05. The summed E-state index contributed by atoms with van der Waals surface area (Å²) in [6, 6.07) is 19.1. The summed E-state index contributed by atoms with van der Waals surface area (Å²) in [4.78, 5) is 16.8. The minimum Gasteiger partial charge on any atom is -0.493 e. The number of hydrogen-bond acceptors (Lipinski definition) is 5. The summed E-state index contributed by atoms with van der Waals surface area (Å²) in [5, 5.41) is 0. The predicted octanol–water partition coefficient (Wildman–Crippen LogP) is 5.04. The second-order valence-corrected chi connectivity index (χ2v) is 6.07. The van der Waals surface area contributed by atoms with Gasteiger partial charge >= 0.3 is 12.6 Å². The molecular formula is C23H19F2NO4. The SMILES string of the molecule is COc1cccc(/C=C/C(=O)OC(c2ccccc2)c2ccccn2)c1OC(F)F. The lowest BCUT2D eigenvalue weighted by Gasteiger charge is -2.17. The highest BCUT2D eigenvalue weighted by Gasteiger charge is 2.19. The molecule has 1 unspecified atom stereocenters. The Hall–Kier alpha value is -3.74. The van der Waals surface area contributed by atoms with Crippen LogP contribution in [0.3, 0.4) is 0 Å². The van der Waals surface area contributed by atoms with Crippen LogP contribution in [0.25, 0.3) is 6.08 Å². The van der Waals surface area contributed by atoms with Crippen molar-refractivity contribution in [3.63, 3.8) is 0 Å². The average molecular weight is 411 g/mol. The maximum atomic E-state index is 12.8. The Labute approximate surface area is 172 Å². The van der Waals surface area contributed by atoms with Crippen LogP contribution in [0.1, 0.15) is 22.9 Å². The summed E-state index contributed by atoms with van der Waals surface area (Å²) in [6.45, 7) is -3.04. The van der Waals surface area contributed by atoms with Gasteiger partial charge in [0.25, 0.3) is 0 Å². The molecule has 3 aromatic rings. The van der Waals surface area contributed by atoms with Crippen LogP contribution in [0.15, 0.2) is 79.0 Å². The first-order valence-corrected chi connectivity index (χ1v) is 9.05. The molecule has 0 saturated heterocycles. The normalized spacial score (nSPS) is 12.0. The number of ether oxygens (including phenoxy) is 3. The van der Waals surface area contributed by atoms with Crippen molar-refractivity contribution in [2.45, 2.75) is 12.7 Å². The minimum atomic E-state index is -3.04. The standard InChI is InChI=1S/C23H19F2NO4/c1-28-19-12-7-10-17(22(19)30-23(24)25)13-14-20(27)29-21(16-8-3-2-4-9-16)18-11-5-6-15-26-18/h2-15,21,23H,1H3/b14-13+. The summed E-state index contributed by atoms with van der Waals surface area (Å²) in [6.07, 6.45) is 3.38. The van der Waals surface area contributed by atoms with E-state index in [-0.39, 0.29) is 17.1 Å². The van der Waals surface area contributed by atoms with Crippen LogP contribution >= 0.6 is 0 Å². The first-order chi connectivity index (χ1) is 14.6. The highest BCUT2D eigenvalue weighted by molar-refractivity contribution is 5.88. The van der Waals surface area contributed by atoms with E-state index in [1.807, 2.05) is 30.3 Å². The number of carbonyl (C=O) groups excluding carboxylic acids is 1. The minimum absolute atomic E-state index is 0.126. The average Bonchev–Trinajstić information content (AvgIpc) is 2.77. The molecule has 0 aliphatic rings. The van der Waals surface area contributed by atoms with E-state index < -0.39 is 18.7 Å². The van der Waals surface area contributed by atoms with Gasteiger partial charge < -0.3 is 14.2 Å². The van der Waals surface area contributed by atoms with Crippen LogP contribution < -0.4 is 9.47 Å². The highest BCUT2D eigenvalue weighted by atomic mass is 19.3. The number of hydrogen-bond donors (Lipinski definition) is 0. The van der Waals surface area contributed by atoms with Crippen LogP contribution in [0.2, 0.25) is 0 Å². The van der Waals surface area contributed by atoms with Gasteiger partial charge in [0.1, 0.15) is 0 Å². The zero-order valence-electron chi connectivity index (χ0n) is 16.1. The molecule has 7 heteroatoms. The number of carbonyl (C=O) groups is 1. The molecule has 5 nitrogen and oxygen atoms in total. The van der Waals surface area contributed by atoms with Crippen molar-refractivity contribution in [2.24, 2.45) is 0 Å². The number of nitrogens with zero attached hydrogens (tertiary/aromatic N) is 1. The molecule has 0 amide bonds. The summed E-state index contributed by atoms with van der Waals surface area (Å²) >= 11 is 0. The van der Waals surface area contributed by atoms with Gasteiger partial charge in [-0.3, -0.25) is 4.98 Å². The Bertz CT molecular complexity index is 955. The molecule has 2 aromatic carbocycles. The van der Waals surface area contributed by atoms with Gasteiger partial charge in [0.2, 0.25) is 0 Å². The van der Waals surface area contributed by atoms with E-state index in [9.17, 15) is 13.6 Å². The topological polar surface area (TPSA) is 57.7 Å². The van der Waals surface area contributed by atoms with Crippen molar-refractivity contribution in [3.05, 3.63) is 95.8 Å². The number of pyridine rings is 1. The summed E-state index contributed by atoms with van der Waals surface area (Å²) in [7, 11) is 1.34. The Kier molecular flexibility index (Phi) is 7.10. The van der Waals surface area contributed by atoms with Crippen molar-refractivity contribution < 1.29 is 27.8 Å². The lowest BCUT2D eigenvalue weighted by Crippen LogP contribution is -2.12. The van der Waals surface area contributed by atoms with Crippen molar-refractivity contribution in [2.75, 3.05) is 7.11 Å². The lowest BCUT2D eigenvalue weighted by molar-refractivity contribution is -0.141. The smallest absolute Gasteiger partial charge is 0.387 e. The summed E-state index contributed by atoms with van der Waals surface area (Å²) in [5.41, 5.74) is 1.57. The molecule has 0 aliphatic heterocycles. The Balaban J connectivity index is 1.84. The number of aromatic nitrogens is 1. The summed E-state index contributed by atoms with van der Waals surface area (Å²) < 4.78 is 40.7. The Morgan fingerprint density at radius 1 is 1.00 bits per heavy atom. The molecular weight excluding hydrogens is 392 g/mol. The zero-order chi connectivity index (χ0) is 21.3. The monoisotopic (exact) mass is 411 g/mol. The number of alkyl halides is 2.